The van der Waals surface area contributed by atoms with Crippen molar-refractivity contribution in [3.8, 4) is 0 Å². The molecule has 0 aliphatic rings. The Hall–Kier alpha value is -1.38. The molecule has 100 valence electrons. The first-order valence-electron chi connectivity index (χ1n) is 6.30. The van der Waals surface area contributed by atoms with Gasteiger partial charge in [0.1, 0.15) is 5.82 Å². The van der Waals surface area contributed by atoms with Crippen molar-refractivity contribution in [1.82, 2.24) is 5.32 Å². The lowest BCUT2D eigenvalue weighted by Gasteiger charge is -2.15. The normalized spacial score (nSPS) is 12.4. The molecule has 0 aliphatic heterocycles. The van der Waals surface area contributed by atoms with Crippen molar-refractivity contribution in [3.63, 3.8) is 0 Å². The lowest BCUT2D eigenvalue weighted by atomic mass is 10.1. The van der Waals surface area contributed by atoms with Gasteiger partial charge in [-0.25, -0.2) is 4.39 Å². The van der Waals surface area contributed by atoms with E-state index in [0.29, 0.717) is 6.54 Å². The Morgan fingerprint density at radius 2 is 1.84 bits per heavy atom. The lowest BCUT2D eigenvalue weighted by Crippen LogP contribution is -2.18. The van der Waals surface area contributed by atoms with E-state index in [1.54, 1.807) is 12.1 Å². The Kier molecular flexibility index (Phi) is 4.56. The SMILES string of the molecule is Cc1ccc(CN[C@@H](C)c2ccc(F)cc2)c(Cl)c1. The van der Waals surface area contributed by atoms with Crippen LogP contribution in [0.15, 0.2) is 42.5 Å². The van der Waals surface area contributed by atoms with Crippen LogP contribution in [0.3, 0.4) is 0 Å². The summed E-state index contributed by atoms with van der Waals surface area (Å²) in [6.07, 6.45) is 0. The summed E-state index contributed by atoms with van der Waals surface area (Å²) in [5, 5.41) is 4.16. The molecular weight excluding hydrogens is 261 g/mol. The van der Waals surface area contributed by atoms with Gasteiger partial charge in [-0.1, -0.05) is 35.9 Å². The third kappa shape index (κ3) is 3.79. The minimum atomic E-state index is -0.211. The minimum absolute atomic E-state index is 0.151. The number of hydrogen-bond acceptors (Lipinski definition) is 1. The van der Waals surface area contributed by atoms with Gasteiger partial charge in [-0.2, -0.15) is 0 Å². The van der Waals surface area contributed by atoms with Crippen molar-refractivity contribution in [2.45, 2.75) is 26.4 Å². The minimum Gasteiger partial charge on any atom is -0.306 e. The average Bonchev–Trinajstić information content (AvgIpc) is 2.38. The van der Waals surface area contributed by atoms with Crippen LogP contribution < -0.4 is 5.32 Å². The first-order valence-corrected chi connectivity index (χ1v) is 6.68. The van der Waals surface area contributed by atoms with Crippen LogP contribution in [0.2, 0.25) is 5.02 Å². The molecule has 1 nitrogen and oxygen atoms in total. The quantitative estimate of drug-likeness (QED) is 0.858. The first kappa shape index (κ1) is 14.0. The van der Waals surface area contributed by atoms with Crippen molar-refractivity contribution in [1.29, 1.82) is 0 Å². The van der Waals surface area contributed by atoms with Crippen molar-refractivity contribution in [3.05, 3.63) is 70.0 Å². The highest BCUT2D eigenvalue weighted by atomic mass is 35.5. The lowest BCUT2D eigenvalue weighted by molar-refractivity contribution is 0.571. The highest BCUT2D eigenvalue weighted by Crippen LogP contribution is 2.19. The molecule has 0 aliphatic carbocycles. The highest BCUT2D eigenvalue weighted by molar-refractivity contribution is 6.31. The Balaban J connectivity index is 2.00. The zero-order valence-electron chi connectivity index (χ0n) is 11.1. The van der Waals surface area contributed by atoms with Crippen molar-refractivity contribution in [2.24, 2.45) is 0 Å². The third-order valence-electron chi connectivity index (χ3n) is 3.18. The van der Waals surface area contributed by atoms with E-state index >= 15 is 0 Å². The smallest absolute Gasteiger partial charge is 0.123 e. The van der Waals surface area contributed by atoms with E-state index in [0.717, 1.165) is 21.7 Å². The molecule has 0 bridgehead atoms. The molecule has 0 aromatic heterocycles. The van der Waals surface area contributed by atoms with Crippen LogP contribution in [-0.4, -0.2) is 0 Å². The van der Waals surface area contributed by atoms with Gasteiger partial charge in [-0.15, -0.1) is 0 Å². The number of aryl methyl sites for hydroxylation is 1. The molecule has 19 heavy (non-hydrogen) atoms. The van der Waals surface area contributed by atoms with E-state index in [-0.39, 0.29) is 11.9 Å². The maximum Gasteiger partial charge on any atom is 0.123 e. The third-order valence-corrected chi connectivity index (χ3v) is 3.53. The zero-order chi connectivity index (χ0) is 13.8. The monoisotopic (exact) mass is 277 g/mol. The maximum atomic E-state index is 12.9. The summed E-state index contributed by atoms with van der Waals surface area (Å²) >= 11 is 6.19. The van der Waals surface area contributed by atoms with E-state index < -0.39 is 0 Å². The Morgan fingerprint density at radius 3 is 2.47 bits per heavy atom. The standard InChI is InChI=1S/C16H17ClFN/c1-11-3-4-14(16(17)9-11)10-19-12(2)13-5-7-15(18)8-6-13/h3-9,12,19H,10H2,1-2H3/t12-/m0/s1. The summed E-state index contributed by atoms with van der Waals surface area (Å²) in [5.41, 5.74) is 3.28. The van der Waals surface area contributed by atoms with Gasteiger partial charge in [0.2, 0.25) is 0 Å². The summed E-state index contributed by atoms with van der Waals surface area (Å²) in [5.74, 6) is -0.211. The Bertz CT molecular complexity index is 551. The zero-order valence-corrected chi connectivity index (χ0v) is 11.8. The second-order valence-corrected chi connectivity index (χ2v) is 5.16. The van der Waals surface area contributed by atoms with E-state index in [1.165, 1.54) is 12.1 Å². The van der Waals surface area contributed by atoms with E-state index in [1.807, 2.05) is 25.1 Å². The molecule has 1 atom stereocenters. The van der Waals surface area contributed by atoms with Crippen LogP contribution in [0, 0.1) is 12.7 Å². The first-order chi connectivity index (χ1) is 9.06. The molecule has 2 rings (SSSR count). The van der Waals surface area contributed by atoms with Crippen molar-refractivity contribution in [2.75, 3.05) is 0 Å². The number of rotatable bonds is 4. The van der Waals surface area contributed by atoms with Gasteiger partial charge in [0, 0.05) is 17.6 Å². The Morgan fingerprint density at radius 1 is 1.16 bits per heavy atom. The summed E-state index contributed by atoms with van der Waals surface area (Å²) in [4.78, 5) is 0. The topological polar surface area (TPSA) is 12.0 Å². The molecule has 0 saturated carbocycles. The Labute approximate surface area is 118 Å². The van der Waals surface area contributed by atoms with Gasteiger partial charge in [0.15, 0.2) is 0 Å². The van der Waals surface area contributed by atoms with Gasteiger partial charge in [-0.3, -0.25) is 0 Å². The number of hydrogen-bond donors (Lipinski definition) is 1. The molecule has 0 amide bonds. The molecule has 0 heterocycles. The van der Waals surface area contributed by atoms with Crippen molar-refractivity contribution >= 4 is 11.6 Å². The van der Waals surface area contributed by atoms with Crippen molar-refractivity contribution < 1.29 is 4.39 Å². The average molecular weight is 278 g/mol. The number of halogens is 2. The van der Waals surface area contributed by atoms with Crippen LogP contribution in [-0.2, 0) is 6.54 Å². The van der Waals surface area contributed by atoms with Crippen LogP contribution in [0.4, 0.5) is 4.39 Å². The van der Waals surface area contributed by atoms with Crippen LogP contribution >= 0.6 is 11.6 Å². The molecule has 3 heteroatoms. The fourth-order valence-electron chi connectivity index (χ4n) is 1.93. The van der Waals surface area contributed by atoms with E-state index in [2.05, 4.69) is 12.2 Å². The summed E-state index contributed by atoms with van der Waals surface area (Å²) in [6, 6.07) is 12.7. The molecule has 2 aromatic rings. The number of benzene rings is 2. The van der Waals surface area contributed by atoms with Gasteiger partial charge in [-0.05, 0) is 48.7 Å². The van der Waals surface area contributed by atoms with E-state index in [9.17, 15) is 4.39 Å². The van der Waals surface area contributed by atoms with Crippen LogP contribution in [0.1, 0.15) is 29.7 Å². The molecule has 2 aromatic carbocycles. The fourth-order valence-corrected chi connectivity index (χ4v) is 2.23. The van der Waals surface area contributed by atoms with Gasteiger partial charge >= 0.3 is 0 Å². The molecule has 0 saturated heterocycles. The summed E-state index contributed by atoms with van der Waals surface area (Å²) in [6.45, 7) is 4.76. The molecule has 0 radical (unpaired) electrons. The second kappa shape index (κ2) is 6.18. The molecule has 0 fully saturated rings. The number of nitrogens with one attached hydrogen (secondary N) is 1. The highest BCUT2D eigenvalue weighted by Gasteiger charge is 2.06. The molecular formula is C16H17ClFN. The summed E-state index contributed by atoms with van der Waals surface area (Å²) in [7, 11) is 0. The predicted molar refractivity (Wildman–Crippen MR) is 77.8 cm³/mol. The summed E-state index contributed by atoms with van der Waals surface area (Å²) < 4.78 is 12.9. The largest absolute Gasteiger partial charge is 0.306 e. The van der Waals surface area contributed by atoms with Gasteiger partial charge < -0.3 is 5.32 Å². The van der Waals surface area contributed by atoms with Crippen LogP contribution in [0.5, 0.6) is 0 Å². The maximum absolute atomic E-state index is 12.9. The molecule has 0 unspecified atom stereocenters. The molecule has 0 spiro atoms. The van der Waals surface area contributed by atoms with Crippen LogP contribution in [0.25, 0.3) is 0 Å². The molecule has 1 N–H and O–H groups in total. The second-order valence-electron chi connectivity index (χ2n) is 4.75. The van der Waals surface area contributed by atoms with E-state index in [4.69, 9.17) is 11.6 Å². The predicted octanol–water partition coefficient (Wildman–Crippen LogP) is 4.64. The van der Waals surface area contributed by atoms with Gasteiger partial charge in [0.05, 0.1) is 0 Å². The van der Waals surface area contributed by atoms with Gasteiger partial charge in [0.25, 0.3) is 0 Å². The fraction of sp³-hybridized carbons (Fsp3) is 0.250.